The van der Waals surface area contributed by atoms with E-state index < -0.39 is 0 Å². The van der Waals surface area contributed by atoms with E-state index in [9.17, 15) is 0 Å². The highest BCUT2D eigenvalue weighted by Gasteiger charge is 1.96. The molecule has 0 saturated carbocycles. The molecule has 2 nitrogen and oxygen atoms in total. The summed E-state index contributed by atoms with van der Waals surface area (Å²) in [5.41, 5.74) is 0. The van der Waals surface area contributed by atoms with Crippen LogP contribution in [0.15, 0.2) is 0 Å². The molecule has 1 N–H and O–H groups in total. The van der Waals surface area contributed by atoms with Crippen LogP contribution in [0.3, 0.4) is 0 Å². The number of hydrogen-bond donors (Lipinski definition) is 1. The molecule has 0 amide bonds. The van der Waals surface area contributed by atoms with Crippen molar-refractivity contribution in [2.45, 2.75) is 47.1 Å². The van der Waals surface area contributed by atoms with Crippen molar-refractivity contribution in [1.82, 2.24) is 5.32 Å². The molecular formula is C10H25NO. The van der Waals surface area contributed by atoms with Gasteiger partial charge in [0.25, 0.3) is 0 Å². The van der Waals surface area contributed by atoms with Gasteiger partial charge >= 0.3 is 0 Å². The van der Waals surface area contributed by atoms with E-state index in [1.165, 1.54) is 0 Å². The highest BCUT2D eigenvalue weighted by atomic mass is 16.5. The minimum absolute atomic E-state index is 0.497. The Morgan fingerprint density at radius 1 is 1.25 bits per heavy atom. The van der Waals surface area contributed by atoms with Crippen LogP contribution in [0.5, 0.6) is 0 Å². The standard InChI is InChI=1S/C8H19NO.C2H6/c1-4-6-10-7-8(3)9-5-2;1-2/h8-9H,4-7H2,1-3H3;1-2H3. The first-order chi connectivity index (χ1) is 5.81. The Labute approximate surface area is 77.7 Å². The van der Waals surface area contributed by atoms with Gasteiger partial charge in [-0.15, -0.1) is 0 Å². The van der Waals surface area contributed by atoms with Crippen molar-refractivity contribution in [3.8, 4) is 0 Å². The van der Waals surface area contributed by atoms with Gasteiger partial charge in [-0.1, -0.05) is 27.7 Å². The Hall–Kier alpha value is -0.0800. The molecule has 12 heavy (non-hydrogen) atoms. The number of hydrogen-bond acceptors (Lipinski definition) is 2. The summed E-state index contributed by atoms with van der Waals surface area (Å²) < 4.78 is 5.33. The predicted octanol–water partition coefficient (Wildman–Crippen LogP) is 2.44. The molecule has 0 aromatic heterocycles. The van der Waals surface area contributed by atoms with E-state index in [2.05, 4.69) is 26.1 Å². The molecule has 1 unspecified atom stereocenters. The first-order valence-electron chi connectivity index (χ1n) is 5.12. The lowest BCUT2D eigenvalue weighted by Gasteiger charge is -2.11. The highest BCUT2D eigenvalue weighted by molar-refractivity contribution is 4.55. The van der Waals surface area contributed by atoms with Gasteiger partial charge in [0.2, 0.25) is 0 Å². The molecule has 0 aromatic rings. The zero-order chi connectivity index (χ0) is 9.82. The summed E-state index contributed by atoms with van der Waals surface area (Å²) >= 11 is 0. The minimum atomic E-state index is 0.497. The fourth-order valence-electron chi connectivity index (χ4n) is 0.812. The van der Waals surface area contributed by atoms with Crippen LogP contribution < -0.4 is 5.32 Å². The van der Waals surface area contributed by atoms with Gasteiger partial charge in [0.15, 0.2) is 0 Å². The fourth-order valence-corrected chi connectivity index (χ4v) is 0.812. The molecule has 0 heterocycles. The van der Waals surface area contributed by atoms with E-state index in [0.29, 0.717) is 6.04 Å². The van der Waals surface area contributed by atoms with Gasteiger partial charge in [-0.05, 0) is 19.9 Å². The lowest BCUT2D eigenvalue weighted by Crippen LogP contribution is -2.30. The monoisotopic (exact) mass is 175 g/mol. The highest BCUT2D eigenvalue weighted by Crippen LogP contribution is 1.85. The van der Waals surface area contributed by atoms with Gasteiger partial charge in [-0.3, -0.25) is 0 Å². The normalized spacial score (nSPS) is 11.8. The summed E-state index contributed by atoms with van der Waals surface area (Å²) in [6, 6.07) is 0.497. The van der Waals surface area contributed by atoms with E-state index in [-0.39, 0.29) is 0 Å². The zero-order valence-corrected chi connectivity index (χ0v) is 9.31. The summed E-state index contributed by atoms with van der Waals surface area (Å²) in [6.07, 6.45) is 1.11. The lowest BCUT2D eigenvalue weighted by atomic mass is 10.3. The molecule has 2 heteroatoms. The van der Waals surface area contributed by atoms with Crippen LogP contribution in [0.2, 0.25) is 0 Å². The average Bonchev–Trinajstić information content (AvgIpc) is 2.09. The largest absolute Gasteiger partial charge is 0.380 e. The Kier molecular flexibility index (Phi) is 16.3. The summed E-state index contributed by atoms with van der Waals surface area (Å²) in [4.78, 5) is 0. The second-order valence-corrected chi connectivity index (χ2v) is 2.53. The van der Waals surface area contributed by atoms with Crippen LogP contribution in [0.25, 0.3) is 0 Å². The topological polar surface area (TPSA) is 21.3 Å². The van der Waals surface area contributed by atoms with Gasteiger partial charge in [-0.25, -0.2) is 0 Å². The van der Waals surface area contributed by atoms with E-state index in [4.69, 9.17) is 4.74 Å². The molecule has 0 aromatic carbocycles. The van der Waals surface area contributed by atoms with Crippen LogP contribution in [0.1, 0.15) is 41.0 Å². The van der Waals surface area contributed by atoms with Crippen LogP contribution in [-0.2, 0) is 4.74 Å². The Bertz CT molecular complexity index is 66.9. The molecular weight excluding hydrogens is 150 g/mol. The van der Waals surface area contributed by atoms with E-state index in [1.807, 2.05) is 13.8 Å². The second-order valence-electron chi connectivity index (χ2n) is 2.53. The molecule has 0 rings (SSSR count). The lowest BCUT2D eigenvalue weighted by molar-refractivity contribution is 0.116. The molecule has 0 bridgehead atoms. The minimum Gasteiger partial charge on any atom is -0.380 e. The second kappa shape index (κ2) is 13.5. The van der Waals surface area contributed by atoms with E-state index >= 15 is 0 Å². The number of ether oxygens (including phenoxy) is 1. The van der Waals surface area contributed by atoms with Crippen molar-refractivity contribution in [3.05, 3.63) is 0 Å². The summed E-state index contributed by atoms with van der Waals surface area (Å²) in [5, 5.41) is 3.28. The van der Waals surface area contributed by atoms with Gasteiger partial charge in [0, 0.05) is 12.6 Å². The molecule has 76 valence electrons. The molecule has 0 radical (unpaired) electrons. The third kappa shape index (κ3) is 12.6. The summed E-state index contributed by atoms with van der Waals surface area (Å²) in [5.74, 6) is 0. The SMILES string of the molecule is CC.CCCOCC(C)NCC. The molecule has 0 spiro atoms. The maximum absolute atomic E-state index is 5.33. The average molecular weight is 175 g/mol. The van der Waals surface area contributed by atoms with E-state index in [0.717, 1.165) is 26.2 Å². The maximum atomic E-state index is 5.33. The molecule has 0 aliphatic carbocycles. The molecule has 0 aliphatic heterocycles. The smallest absolute Gasteiger partial charge is 0.0616 e. The predicted molar refractivity (Wildman–Crippen MR) is 55.6 cm³/mol. The Morgan fingerprint density at radius 2 is 1.83 bits per heavy atom. The third-order valence-corrected chi connectivity index (χ3v) is 1.27. The van der Waals surface area contributed by atoms with Gasteiger partial charge < -0.3 is 10.1 Å². The molecule has 1 atom stereocenters. The summed E-state index contributed by atoms with van der Waals surface area (Å²) in [7, 11) is 0. The van der Waals surface area contributed by atoms with Crippen molar-refractivity contribution in [1.29, 1.82) is 0 Å². The summed E-state index contributed by atoms with van der Waals surface area (Å²) in [6.45, 7) is 13.1. The number of rotatable bonds is 6. The molecule has 0 aliphatic rings. The fraction of sp³-hybridized carbons (Fsp3) is 1.00. The number of likely N-dealkylation sites (N-methyl/N-ethyl adjacent to an activating group) is 1. The van der Waals surface area contributed by atoms with Crippen LogP contribution in [-0.4, -0.2) is 25.8 Å². The van der Waals surface area contributed by atoms with Gasteiger partial charge in [0.05, 0.1) is 6.61 Å². The van der Waals surface area contributed by atoms with Crippen molar-refractivity contribution in [2.75, 3.05) is 19.8 Å². The van der Waals surface area contributed by atoms with Crippen LogP contribution >= 0.6 is 0 Å². The van der Waals surface area contributed by atoms with Crippen LogP contribution in [0.4, 0.5) is 0 Å². The maximum Gasteiger partial charge on any atom is 0.0616 e. The molecule has 0 fully saturated rings. The quantitative estimate of drug-likeness (QED) is 0.626. The zero-order valence-electron chi connectivity index (χ0n) is 9.31. The number of nitrogens with one attached hydrogen (secondary N) is 1. The van der Waals surface area contributed by atoms with Gasteiger partial charge in [-0.2, -0.15) is 0 Å². The van der Waals surface area contributed by atoms with Gasteiger partial charge in [0.1, 0.15) is 0 Å². The van der Waals surface area contributed by atoms with E-state index in [1.54, 1.807) is 0 Å². The van der Waals surface area contributed by atoms with Crippen molar-refractivity contribution in [2.24, 2.45) is 0 Å². The van der Waals surface area contributed by atoms with Crippen molar-refractivity contribution < 1.29 is 4.74 Å². The van der Waals surface area contributed by atoms with Crippen molar-refractivity contribution in [3.63, 3.8) is 0 Å². The van der Waals surface area contributed by atoms with Crippen molar-refractivity contribution >= 4 is 0 Å². The van der Waals surface area contributed by atoms with Crippen LogP contribution in [0, 0.1) is 0 Å². The first kappa shape index (κ1) is 14.4. The Morgan fingerprint density at radius 3 is 2.25 bits per heavy atom. The molecule has 0 saturated heterocycles. The Balaban J connectivity index is 0. The third-order valence-electron chi connectivity index (χ3n) is 1.27. The first-order valence-corrected chi connectivity index (χ1v) is 5.12.